The molecule has 1 aromatic carbocycles. The van der Waals surface area contributed by atoms with Crippen LogP contribution in [0.5, 0.6) is 0 Å². The van der Waals surface area contributed by atoms with E-state index in [9.17, 15) is 4.79 Å². The highest BCUT2D eigenvalue weighted by Gasteiger charge is 2.15. The molecule has 0 spiro atoms. The van der Waals surface area contributed by atoms with Crippen molar-refractivity contribution in [3.8, 4) is 6.07 Å². The Morgan fingerprint density at radius 2 is 2.00 bits per heavy atom. The van der Waals surface area contributed by atoms with Crippen LogP contribution in [0.1, 0.15) is 35.4 Å². The fourth-order valence-electron chi connectivity index (χ4n) is 2.84. The molecule has 0 aliphatic heterocycles. The van der Waals surface area contributed by atoms with E-state index in [1.165, 1.54) is 0 Å². The molecule has 1 amide bonds. The van der Waals surface area contributed by atoms with E-state index in [0.717, 1.165) is 22.5 Å². The summed E-state index contributed by atoms with van der Waals surface area (Å²) in [5, 5.41) is 13.2. The number of hydrogen-bond donors (Lipinski definition) is 0. The number of rotatable bonds is 7. The largest absolute Gasteiger partial charge is 0.341 e. The quantitative estimate of drug-likeness (QED) is 0.786. The molecule has 2 rings (SSSR count). The summed E-state index contributed by atoms with van der Waals surface area (Å²) in [5.74, 6) is 0.127. The summed E-state index contributed by atoms with van der Waals surface area (Å²) >= 11 is 0. The van der Waals surface area contributed by atoms with Crippen LogP contribution in [-0.2, 0) is 24.3 Å². The van der Waals surface area contributed by atoms with Crippen LogP contribution in [0.2, 0.25) is 0 Å². The molecule has 5 heteroatoms. The molecule has 0 aliphatic rings. The van der Waals surface area contributed by atoms with Gasteiger partial charge in [0.15, 0.2) is 0 Å². The molecule has 0 N–H and O–H groups in total. The van der Waals surface area contributed by atoms with Gasteiger partial charge in [-0.3, -0.25) is 9.48 Å². The first-order valence-electron chi connectivity index (χ1n) is 8.20. The van der Waals surface area contributed by atoms with Crippen molar-refractivity contribution in [2.45, 2.75) is 46.2 Å². The average molecular weight is 324 g/mol. The topological polar surface area (TPSA) is 61.9 Å². The van der Waals surface area contributed by atoms with Gasteiger partial charge in [-0.1, -0.05) is 30.3 Å². The third-order valence-corrected chi connectivity index (χ3v) is 4.24. The predicted octanol–water partition coefficient (Wildman–Crippen LogP) is 3.00. The van der Waals surface area contributed by atoms with Gasteiger partial charge in [-0.25, -0.2) is 0 Å². The van der Waals surface area contributed by atoms with Crippen molar-refractivity contribution in [2.75, 3.05) is 7.05 Å². The number of aromatic nitrogens is 2. The monoisotopic (exact) mass is 324 g/mol. The second kappa shape index (κ2) is 8.30. The minimum Gasteiger partial charge on any atom is -0.341 e. The molecule has 0 aliphatic carbocycles. The molecular formula is C19H24N4O. The molecule has 2 aromatic rings. The first-order valence-corrected chi connectivity index (χ1v) is 8.20. The summed E-state index contributed by atoms with van der Waals surface area (Å²) in [6, 6.07) is 12.1. The highest BCUT2D eigenvalue weighted by molar-refractivity contribution is 5.76. The Labute approximate surface area is 143 Å². The average Bonchev–Trinajstić information content (AvgIpc) is 2.85. The third-order valence-electron chi connectivity index (χ3n) is 4.24. The first-order chi connectivity index (χ1) is 11.5. The molecule has 0 atom stereocenters. The number of nitriles is 1. The van der Waals surface area contributed by atoms with Crippen LogP contribution in [0.4, 0.5) is 0 Å². The van der Waals surface area contributed by atoms with Gasteiger partial charge in [0.1, 0.15) is 0 Å². The third kappa shape index (κ3) is 4.45. The lowest BCUT2D eigenvalue weighted by Crippen LogP contribution is -2.26. The minimum absolute atomic E-state index is 0.127. The number of carbonyl (C=O) groups is 1. The molecule has 5 nitrogen and oxygen atoms in total. The Morgan fingerprint density at radius 3 is 2.67 bits per heavy atom. The zero-order chi connectivity index (χ0) is 17.5. The molecular weight excluding hydrogens is 300 g/mol. The Kier molecular flexibility index (Phi) is 6.14. The van der Waals surface area contributed by atoms with Crippen molar-refractivity contribution in [1.82, 2.24) is 14.7 Å². The Hall–Kier alpha value is -2.61. The number of amides is 1. The van der Waals surface area contributed by atoms with Gasteiger partial charge >= 0.3 is 0 Å². The highest BCUT2D eigenvalue weighted by Crippen LogP contribution is 2.16. The Morgan fingerprint density at radius 1 is 1.29 bits per heavy atom. The summed E-state index contributed by atoms with van der Waals surface area (Å²) in [7, 11) is 1.84. The molecule has 1 aromatic heterocycles. The normalized spacial score (nSPS) is 10.4. The SMILES string of the molecule is Cc1nn(CCC#N)c(C)c1CCC(=O)N(C)Cc1ccccc1. The minimum atomic E-state index is 0.127. The zero-order valence-corrected chi connectivity index (χ0v) is 14.6. The number of aryl methyl sites for hydroxylation is 2. The van der Waals surface area contributed by atoms with Crippen molar-refractivity contribution in [3.05, 3.63) is 52.8 Å². The standard InChI is InChI=1S/C19H24N4O/c1-15-18(16(2)23(21-15)13-7-12-20)10-11-19(24)22(3)14-17-8-5-4-6-9-17/h4-6,8-9H,7,10-11,13-14H2,1-3H3. The zero-order valence-electron chi connectivity index (χ0n) is 14.6. The summed E-state index contributed by atoms with van der Waals surface area (Å²) < 4.78 is 1.87. The van der Waals surface area contributed by atoms with Gasteiger partial charge in [-0.05, 0) is 31.4 Å². The van der Waals surface area contributed by atoms with Gasteiger partial charge in [-0.2, -0.15) is 10.4 Å². The Balaban J connectivity index is 1.94. The van der Waals surface area contributed by atoms with E-state index in [1.54, 1.807) is 4.90 Å². The second-order valence-electron chi connectivity index (χ2n) is 6.02. The van der Waals surface area contributed by atoms with E-state index < -0.39 is 0 Å². The molecule has 126 valence electrons. The van der Waals surface area contributed by atoms with E-state index in [-0.39, 0.29) is 5.91 Å². The van der Waals surface area contributed by atoms with E-state index in [0.29, 0.717) is 32.4 Å². The van der Waals surface area contributed by atoms with Crippen molar-refractivity contribution in [3.63, 3.8) is 0 Å². The van der Waals surface area contributed by atoms with Gasteiger partial charge in [-0.15, -0.1) is 0 Å². The van der Waals surface area contributed by atoms with Crippen molar-refractivity contribution >= 4 is 5.91 Å². The van der Waals surface area contributed by atoms with Crippen LogP contribution in [0.3, 0.4) is 0 Å². The van der Waals surface area contributed by atoms with E-state index in [2.05, 4.69) is 11.2 Å². The van der Waals surface area contributed by atoms with Crippen LogP contribution in [0.15, 0.2) is 30.3 Å². The van der Waals surface area contributed by atoms with Gasteiger partial charge in [0.2, 0.25) is 5.91 Å². The van der Waals surface area contributed by atoms with E-state index in [4.69, 9.17) is 5.26 Å². The van der Waals surface area contributed by atoms with Crippen LogP contribution in [0.25, 0.3) is 0 Å². The van der Waals surface area contributed by atoms with E-state index >= 15 is 0 Å². The number of nitrogens with zero attached hydrogens (tertiary/aromatic N) is 4. The number of benzene rings is 1. The molecule has 24 heavy (non-hydrogen) atoms. The fourth-order valence-corrected chi connectivity index (χ4v) is 2.84. The summed E-state index contributed by atoms with van der Waals surface area (Å²) in [4.78, 5) is 14.1. The molecule has 0 saturated carbocycles. The maximum absolute atomic E-state index is 12.4. The van der Waals surface area contributed by atoms with Gasteiger partial charge < -0.3 is 4.90 Å². The smallest absolute Gasteiger partial charge is 0.222 e. The van der Waals surface area contributed by atoms with Crippen LogP contribution in [0, 0.1) is 25.2 Å². The van der Waals surface area contributed by atoms with Gasteiger partial charge in [0.05, 0.1) is 24.7 Å². The van der Waals surface area contributed by atoms with Crippen LogP contribution >= 0.6 is 0 Å². The lowest BCUT2D eigenvalue weighted by molar-refractivity contribution is -0.130. The van der Waals surface area contributed by atoms with Gasteiger partial charge in [0.25, 0.3) is 0 Å². The fraction of sp³-hybridized carbons (Fsp3) is 0.421. The number of hydrogen-bond acceptors (Lipinski definition) is 3. The highest BCUT2D eigenvalue weighted by atomic mass is 16.2. The maximum atomic E-state index is 12.4. The van der Waals surface area contributed by atoms with Crippen LogP contribution < -0.4 is 0 Å². The maximum Gasteiger partial charge on any atom is 0.222 e. The predicted molar refractivity (Wildman–Crippen MR) is 93.2 cm³/mol. The molecule has 0 radical (unpaired) electrons. The summed E-state index contributed by atoms with van der Waals surface area (Å²) in [6.45, 7) is 5.19. The summed E-state index contributed by atoms with van der Waals surface area (Å²) in [5.41, 5.74) is 4.25. The summed E-state index contributed by atoms with van der Waals surface area (Å²) in [6.07, 6.45) is 1.59. The lowest BCUT2D eigenvalue weighted by atomic mass is 10.1. The van der Waals surface area contributed by atoms with Crippen molar-refractivity contribution < 1.29 is 4.79 Å². The second-order valence-corrected chi connectivity index (χ2v) is 6.02. The van der Waals surface area contributed by atoms with Gasteiger partial charge in [0, 0.05) is 25.7 Å². The molecule has 1 heterocycles. The molecule has 0 bridgehead atoms. The number of carbonyl (C=O) groups excluding carboxylic acids is 1. The van der Waals surface area contributed by atoms with Crippen molar-refractivity contribution in [2.24, 2.45) is 0 Å². The van der Waals surface area contributed by atoms with Crippen LogP contribution in [-0.4, -0.2) is 27.6 Å². The van der Waals surface area contributed by atoms with E-state index in [1.807, 2.05) is 55.9 Å². The molecule has 0 fully saturated rings. The first kappa shape index (κ1) is 17.7. The molecule has 0 unspecified atom stereocenters. The lowest BCUT2D eigenvalue weighted by Gasteiger charge is -2.17. The molecule has 0 saturated heterocycles. The van der Waals surface area contributed by atoms with Crippen molar-refractivity contribution in [1.29, 1.82) is 5.26 Å². The Bertz CT molecular complexity index is 728.